The van der Waals surface area contributed by atoms with E-state index in [0.29, 0.717) is 5.76 Å². The summed E-state index contributed by atoms with van der Waals surface area (Å²) >= 11 is 0. The molecule has 2 aromatic rings. The van der Waals surface area contributed by atoms with Crippen LogP contribution in [0.2, 0.25) is 0 Å². The molecular weight excluding hydrogens is 216 g/mol. The summed E-state index contributed by atoms with van der Waals surface area (Å²) in [7, 11) is 0. The fourth-order valence-electron chi connectivity index (χ4n) is 2.35. The molecule has 3 rings (SSSR count). The number of furan rings is 1. The van der Waals surface area contributed by atoms with Crippen LogP contribution in [-0.2, 0) is 4.74 Å². The fraction of sp³-hybridized carbons (Fsp3) is 0.429. The molecule has 90 valence electrons. The molecule has 2 atom stereocenters. The molecule has 1 N–H and O–H groups in total. The molecule has 0 saturated carbocycles. The first-order chi connectivity index (χ1) is 8.34. The Morgan fingerprint density at radius 2 is 2.12 bits per heavy atom. The van der Waals surface area contributed by atoms with Crippen LogP contribution in [0.3, 0.4) is 0 Å². The van der Waals surface area contributed by atoms with Gasteiger partial charge in [-0.15, -0.1) is 0 Å². The maximum absolute atomic E-state index is 10.2. The molecule has 0 bridgehead atoms. The molecule has 3 nitrogen and oxygen atoms in total. The van der Waals surface area contributed by atoms with Crippen LogP contribution in [0.5, 0.6) is 0 Å². The van der Waals surface area contributed by atoms with Gasteiger partial charge in [0.2, 0.25) is 0 Å². The van der Waals surface area contributed by atoms with Gasteiger partial charge in [0, 0.05) is 12.0 Å². The van der Waals surface area contributed by atoms with Gasteiger partial charge in [0.05, 0.1) is 6.10 Å². The van der Waals surface area contributed by atoms with E-state index in [-0.39, 0.29) is 6.10 Å². The largest absolute Gasteiger partial charge is 0.458 e. The number of aliphatic hydroxyl groups is 1. The zero-order chi connectivity index (χ0) is 11.7. The Morgan fingerprint density at radius 3 is 2.88 bits per heavy atom. The quantitative estimate of drug-likeness (QED) is 0.865. The van der Waals surface area contributed by atoms with E-state index >= 15 is 0 Å². The van der Waals surface area contributed by atoms with Gasteiger partial charge in [-0.3, -0.25) is 0 Å². The summed E-state index contributed by atoms with van der Waals surface area (Å²) in [6, 6.07) is 9.69. The van der Waals surface area contributed by atoms with Crippen LogP contribution < -0.4 is 0 Å². The van der Waals surface area contributed by atoms with E-state index in [4.69, 9.17) is 9.15 Å². The van der Waals surface area contributed by atoms with Crippen LogP contribution >= 0.6 is 0 Å². The second kappa shape index (κ2) is 4.51. The Kier molecular flexibility index (Phi) is 2.87. The molecule has 1 aromatic heterocycles. The molecule has 17 heavy (non-hydrogen) atoms. The van der Waals surface area contributed by atoms with Crippen LogP contribution in [0.1, 0.15) is 31.1 Å². The van der Waals surface area contributed by atoms with Crippen molar-refractivity contribution >= 4 is 11.0 Å². The van der Waals surface area contributed by atoms with Crippen molar-refractivity contribution in [2.24, 2.45) is 0 Å². The van der Waals surface area contributed by atoms with Crippen molar-refractivity contribution in [2.45, 2.75) is 31.5 Å². The van der Waals surface area contributed by atoms with Crippen molar-refractivity contribution in [3.63, 3.8) is 0 Å². The van der Waals surface area contributed by atoms with Crippen LogP contribution in [0.25, 0.3) is 11.0 Å². The third-order valence-corrected chi connectivity index (χ3v) is 3.30. The number of hydrogen-bond donors (Lipinski definition) is 1. The predicted octanol–water partition coefficient (Wildman–Crippen LogP) is 3.04. The second-order valence-corrected chi connectivity index (χ2v) is 4.54. The number of hydrogen-bond acceptors (Lipinski definition) is 3. The summed E-state index contributed by atoms with van der Waals surface area (Å²) in [6.07, 6.45) is 2.33. The fourth-order valence-corrected chi connectivity index (χ4v) is 2.35. The highest BCUT2D eigenvalue weighted by Crippen LogP contribution is 2.30. The van der Waals surface area contributed by atoms with E-state index in [0.717, 1.165) is 36.8 Å². The average Bonchev–Trinajstić information content (AvgIpc) is 2.82. The van der Waals surface area contributed by atoms with Gasteiger partial charge in [-0.05, 0) is 31.4 Å². The molecule has 2 unspecified atom stereocenters. The Labute approximate surface area is 100.0 Å². The molecule has 1 fully saturated rings. The van der Waals surface area contributed by atoms with Gasteiger partial charge in [0.15, 0.2) is 0 Å². The number of rotatable bonds is 2. The molecule has 1 saturated heterocycles. The predicted molar refractivity (Wildman–Crippen MR) is 64.8 cm³/mol. The van der Waals surface area contributed by atoms with Crippen molar-refractivity contribution in [3.8, 4) is 0 Å². The van der Waals surface area contributed by atoms with E-state index < -0.39 is 6.10 Å². The van der Waals surface area contributed by atoms with E-state index in [2.05, 4.69) is 0 Å². The van der Waals surface area contributed by atoms with Gasteiger partial charge < -0.3 is 14.3 Å². The Balaban J connectivity index is 1.86. The van der Waals surface area contributed by atoms with Crippen LogP contribution in [0.15, 0.2) is 34.7 Å². The van der Waals surface area contributed by atoms with E-state index in [9.17, 15) is 5.11 Å². The number of benzene rings is 1. The SMILES string of the molecule is OC(c1cc2ccccc2o1)C1CCCCO1. The van der Waals surface area contributed by atoms with Gasteiger partial charge in [-0.2, -0.15) is 0 Å². The lowest BCUT2D eigenvalue weighted by Crippen LogP contribution is -2.26. The number of ether oxygens (including phenoxy) is 1. The van der Waals surface area contributed by atoms with Crippen molar-refractivity contribution in [2.75, 3.05) is 6.61 Å². The average molecular weight is 232 g/mol. The summed E-state index contributed by atoms with van der Waals surface area (Å²) < 4.78 is 11.2. The Morgan fingerprint density at radius 1 is 1.24 bits per heavy atom. The minimum Gasteiger partial charge on any atom is -0.458 e. The molecular formula is C14H16O3. The molecule has 1 aliphatic heterocycles. The standard InChI is InChI=1S/C14H16O3/c15-14(12-7-3-4-8-16-12)13-9-10-5-1-2-6-11(10)17-13/h1-2,5-6,9,12,14-15H,3-4,7-8H2. The van der Waals surface area contributed by atoms with Gasteiger partial charge in [-0.1, -0.05) is 18.2 Å². The monoisotopic (exact) mass is 232 g/mol. The smallest absolute Gasteiger partial charge is 0.138 e. The number of para-hydroxylation sites is 1. The molecule has 1 aromatic carbocycles. The lowest BCUT2D eigenvalue weighted by molar-refractivity contribution is -0.0698. The van der Waals surface area contributed by atoms with Crippen LogP contribution in [0.4, 0.5) is 0 Å². The molecule has 0 amide bonds. The number of fused-ring (bicyclic) bond motifs is 1. The molecule has 3 heteroatoms. The minimum absolute atomic E-state index is 0.121. The second-order valence-electron chi connectivity index (χ2n) is 4.54. The zero-order valence-corrected chi connectivity index (χ0v) is 9.63. The highest BCUT2D eigenvalue weighted by molar-refractivity contribution is 5.77. The lowest BCUT2D eigenvalue weighted by atomic mass is 10.0. The van der Waals surface area contributed by atoms with Crippen molar-refractivity contribution in [1.29, 1.82) is 0 Å². The summed E-state index contributed by atoms with van der Waals surface area (Å²) in [5.74, 6) is 0.609. The molecule has 0 radical (unpaired) electrons. The summed E-state index contributed by atoms with van der Waals surface area (Å²) in [4.78, 5) is 0. The topological polar surface area (TPSA) is 42.6 Å². The van der Waals surface area contributed by atoms with E-state index in [1.807, 2.05) is 30.3 Å². The highest BCUT2D eigenvalue weighted by atomic mass is 16.5. The molecule has 0 spiro atoms. The molecule has 0 aliphatic carbocycles. The molecule has 2 heterocycles. The highest BCUT2D eigenvalue weighted by Gasteiger charge is 2.26. The molecule has 1 aliphatic rings. The van der Waals surface area contributed by atoms with Gasteiger partial charge in [0.25, 0.3) is 0 Å². The maximum atomic E-state index is 10.2. The first-order valence-electron chi connectivity index (χ1n) is 6.13. The van der Waals surface area contributed by atoms with E-state index in [1.165, 1.54) is 0 Å². The van der Waals surface area contributed by atoms with E-state index in [1.54, 1.807) is 0 Å². The van der Waals surface area contributed by atoms with Crippen LogP contribution in [0, 0.1) is 0 Å². The van der Waals surface area contributed by atoms with Gasteiger partial charge in [0.1, 0.15) is 17.4 Å². The third-order valence-electron chi connectivity index (χ3n) is 3.30. The van der Waals surface area contributed by atoms with Crippen molar-refractivity contribution < 1.29 is 14.3 Å². The lowest BCUT2D eigenvalue weighted by Gasteiger charge is -2.25. The van der Waals surface area contributed by atoms with Crippen molar-refractivity contribution in [1.82, 2.24) is 0 Å². The summed E-state index contributed by atoms with van der Waals surface area (Å²) in [5, 5.41) is 11.3. The summed E-state index contributed by atoms with van der Waals surface area (Å²) in [5.41, 5.74) is 0.817. The van der Waals surface area contributed by atoms with Crippen LogP contribution in [-0.4, -0.2) is 17.8 Å². The first kappa shape index (κ1) is 10.8. The number of aliphatic hydroxyl groups excluding tert-OH is 1. The minimum atomic E-state index is -0.650. The normalized spacial score (nSPS) is 22.8. The van der Waals surface area contributed by atoms with Gasteiger partial charge in [-0.25, -0.2) is 0 Å². The first-order valence-corrected chi connectivity index (χ1v) is 6.13. The Hall–Kier alpha value is -1.32. The maximum Gasteiger partial charge on any atom is 0.138 e. The zero-order valence-electron chi connectivity index (χ0n) is 9.63. The van der Waals surface area contributed by atoms with Crippen molar-refractivity contribution in [3.05, 3.63) is 36.1 Å². The van der Waals surface area contributed by atoms with Gasteiger partial charge >= 0.3 is 0 Å². The summed E-state index contributed by atoms with van der Waals surface area (Å²) in [6.45, 7) is 0.738. The Bertz CT molecular complexity index is 464. The third kappa shape index (κ3) is 2.08.